The van der Waals surface area contributed by atoms with Gasteiger partial charge in [-0.05, 0) is 30.6 Å². The number of carbonyl (C=O) groups is 1. The van der Waals surface area contributed by atoms with E-state index >= 15 is 0 Å². The van der Waals surface area contributed by atoms with E-state index in [0.717, 1.165) is 24.2 Å². The van der Waals surface area contributed by atoms with E-state index in [1.54, 1.807) is 0 Å². The molecule has 152 valence electrons. The monoisotopic (exact) mass is 402 g/mol. The lowest BCUT2D eigenvalue weighted by atomic mass is 10.0. The van der Waals surface area contributed by atoms with Crippen LogP contribution in [0, 0.1) is 0 Å². The molecule has 0 fully saturated rings. The number of sulfone groups is 1. The summed E-state index contributed by atoms with van der Waals surface area (Å²) in [5.41, 5.74) is 1.73. The number of amides is 1. The maximum Gasteiger partial charge on any atom is 0.241 e. The molecule has 0 aliphatic carbocycles. The predicted molar refractivity (Wildman–Crippen MR) is 114 cm³/mol. The molecule has 0 saturated carbocycles. The predicted octanol–water partition coefficient (Wildman–Crippen LogP) is 3.19. The first-order valence-electron chi connectivity index (χ1n) is 9.78. The Balaban J connectivity index is 1.90. The highest BCUT2D eigenvalue weighted by molar-refractivity contribution is 7.90. The van der Waals surface area contributed by atoms with Crippen LogP contribution >= 0.6 is 0 Å². The number of hydrogen-bond acceptors (Lipinski definition) is 4. The Morgan fingerprint density at radius 1 is 0.964 bits per heavy atom. The van der Waals surface area contributed by atoms with Crippen LogP contribution in [0.1, 0.15) is 37.4 Å². The SMILES string of the molecule is CCN(CC)C(C(=O)NCCCS(=O)(=O)Cc1ccccc1)c1ccccc1. The maximum atomic E-state index is 12.8. The van der Waals surface area contributed by atoms with Crippen LogP contribution in [0.15, 0.2) is 60.7 Å². The van der Waals surface area contributed by atoms with Crippen molar-refractivity contribution in [3.8, 4) is 0 Å². The Labute approximate surface area is 168 Å². The lowest BCUT2D eigenvalue weighted by molar-refractivity contribution is -0.126. The normalized spacial score (nSPS) is 12.7. The summed E-state index contributed by atoms with van der Waals surface area (Å²) in [6.45, 7) is 5.92. The van der Waals surface area contributed by atoms with Crippen molar-refractivity contribution in [3.05, 3.63) is 71.8 Å². The van der Waals surface area contributed by atoms with E-state index in [1.165, 1.54) is 0 Å². The number of rotatable bonds is 11. The largest absolute Gasteiger partial charge is 0.354 e. The minimum atomic E-state index is -3.19. The zero-order chi connectivity index (χ0) is 20.4. The van der Waals surface area contributed by atoms with E-state index in [-0.39, 0.29) is 23.5 Å². The van der Waals surface area contributed by atoms with Crippen molar-refractivity contribution in [2.24, 2.45) is 0 Å². The first-order valence-corrected chi connectivity index (χ1v) is 11.6. The third kappa shape index (κ3) is 6.77. The van der Waals surface area contributed by atoms with Gasteiger partial charge in [-0.1, -0.05) is 74.5 Å². The van der Waals surface area contributed by atoms with Crippen LogP contribution < -0.4 is 5.32 Å². The highest BCUT2D eigenvalue weighted by Gasteiger charge is 2.25. The van der Waals surface area contributed by atoms with Crippen molar-refractivity contribution >= 4 is 15.7 Å². The molecule has 6 heteroatoms. The molecule has 0 radical (unpaired) electrons. The third-order valence-corrected chi connectivity index (χ3v) is 6.39. The summed E-state index contributed by atoms with van der Waals surface area (Å²) in [5, 5.41) is 2.92. The fraction of sp³-hybridized carbons (Fsp3) is 0.409. The molecule has 1 atom stereocenters. The third-order valence-electron chi connectivity index (χ3n) is 4.70. The summed E-state index contributed by atoms with van der Waals surface area (Å²) in [7, 11) is -3.19. The van der Waals surface area contributed by atoms with Crippen molar-refractivity contribution in [1.29, 1.82) is 0 Å². The van der Waals surface area contributed by atoms with Gasteiger partial charge in [-0.3, -0.25) is 9.69 Å². The second-order valence-corrected chi connectivity index (χ2v) is 8.94. The highest BCUT2D eigenvalue weighted by atomic mass is 32.2. The van der Waals surface area contributed by atoms with E-state index in [2.05, 4.69) is 10.2 Å². The Kier molecular flexibility index (Phi) is 8.67. The van der Waals surface area contributed by atoms with Gasteiger partial charge in [0.2, 0.25) is 5.91 Å². The molecule has 1 unspecified atom stereocenters. The Bertz CT molecular complexity index is 819. The lowest BCUT2D eigenvalue weighted by Gasteiger charge is -2.29. The second kappa shape index (κ2) is 11.0. The number of benzene rings is 2. The van der Waals surface area contributed by atoms with E-state index in [0.29, 0.717) is 13.0 Å². The van der Waals surface area contributed by atoms with Gasteiger partial charge < -0.3 is 5.32 Å². The Morgan fingerprint density at radius 2 is 1.54 bits per heavy atom. The zero-order valence-corrected chi connectivity index (χ0v) is 17.5. The van der Waals surface area contributed by atoms with E-state index in [1.807, 2.05) is 74.5 Å². The van der Waals surface area contributed by atoms with Crippen molar-refractivity contribution in [2.45, 2.75) is 32.1 Å². The summed E-state index contributed by atoms with van der Waals surface area (Å²) in [4.78, 5) is 14.9. The molecule has 0 aromatic heterocycles. The molecular formula is C22H30N2O3S. The van der Waals surface area contributed by atoms with Crippen molar-refractivity contribution in [1.82, 2.24) is 10.2 Å². The van der Waals surface area contributed by atoms with Crippen LogP contribution in [0.5, 0.6) is 0 Å². The van der Waals surface area contributed by atoms with Gasteiger partial charge in [0.25, 0.3) is 0 Å². The topological polar surface area (TPSA) is 66.5 Å². The lowest BCUT2D eigenvalue weighted by Crippen LogP contribution is -2.41. The standard InChI is InChI=1S/C22H30N2O3S/c1-3-24(4-2)21(20-14-9-6-10-15-20)22(25)23-16-11-17-28(26,27)18-19-12-7-5-8-13-19/h5-10,12-15,21H,3-4,11,16-18H2,1-2H3,(H,23,25). The molecule has 0 spiro atoms. The van der Waals surface area contributed by atoms with Crippen molar-refractivity contribution < 1.29 is 13.2 Å². The molecule has 0 aliphatic heterocycles. The summed E-state index contributed by atoms with van der Waals surface area (Å²) in [6, 6.07) is 18.5. The fourth-order valence-corrected chi connectivity index (χ4v) is 4.68. The van der Waals surface area contributed by atoms with E-state index < -0.39 is 9.84 Å². The van der Waals surface area contributed by atoms with Gasteiger partial charge in [0.05, 0.1) is 11.5 Å². The van der Waals surface area contributed by atoms with Gasteiger partial charge in [0.1, 0.15) is 6.04 Å². The molecule has 0 bridgehead atoms. The molecule has 1 amide bonds. The Hall–Kier alpha value is -2.18. The number of likely N-dealkylation sites (N-methyl/N-ethyl adjacent to an activating group) is 1. The quantitative estimate of drug-likeness (QED) is 0.586. The Morgan fingerprint density at radius 3 is 2.11 bits per heavy atom. The average molecular weight is 403 g/mol. The minimum absolute atomic E-state index is 0.0356. The average Bonchev–Trinajstić information content (AvgIpc) is 2.70. The zero-order valence-electron chi connectivity index (χ0n) is 16.7. The van der Waals surface area contributed by atoms with Crippen LogP contribution in [-0.4, -0.2) is 44.6 Å². The first-order chi connectivity index (χ1) is 13.5. The first kappa shape index (κ1) is 22.1. The molecular weight excluding hydrogens is 372 g/mol. The molecule has 0 saturated heterocycles. The number of hydrogen-bond donors (Lipinski definition) is 1. The van der Waals surface area contributed by atoms with Crippen LogP contribution in [0.3, 0.4) is 0 Å². The highest BCUT2D eigenvalue weighted by Crippen LogP contribution is 2.20. The van der Waals surface area contributed by atoms with E-state index in [4.69, 9.17) is 0 Å². The van der Waals surface area contributed by atoms with Crippen molar-refractivity contribution in [3.63, 3.8) is 0 Å². The molecule has 28 heavy (non-hydrogen) atoms. The molecule has 0 heterocycles. The summed E-state index contributed by atoms with van der Waals surface area (Å²) >= 11 is 0. The number of nitrogens with zero attached hydrogens (tertiary/aromatic N) is 1. The fourth-order valence-electron chi connectivity index (χ4n) is 3.25. The van der Waals surface area contributed by atoms with Crippen LogP contribution in [0.4, 0.5) is 0 Å². The number of nitrogens with one attached hydrogen (secondary N) is 1. The van der Waals surface area contributed by atoms with Crippen molar-refractivity contribution in [2.75, 3.05) is 25.4 Å². The maximum absolute atomic E-state index is 12.8. The molecule has 2 aromatic rings. The number of carbonyl (C=O) groups excluding carboxylic acids is 1. The summed E-state index contributed by atoms with van der Waals surface area (Å²) in [5.74, 6) is 0.00693. The molecule has 2 aromatic carbocycles. The van der Waals surface area contributed by atoms with Gasteiger partial charge in [-0.2, -0.15) is 0 Å². The van der Waals surface area contributed by atoms with E-state index in [9.17, 15) is 13.2 Å². The van der Waals surface area contributed by atoms with Gasteiger partial charge in [-0.25, -0.2) is 8.42 Å². The second-order valence-electron chi connectivity index (χ2n) is 6.76. The van der Waals surface area contributed by atoms with Crippen LogP contribution in [-0.2, 0) is 20.4 Å². The van der Waals surface area contributed by atoms with Crippen LogP contribution in [0.25, 0.3) is 0 Å². The van der Waals surface area contributed by atoms with Crippen LogP contribution in [0.2, 0.25) is 0 Å². The molecule has 2 rings (SSSR count). The smallest absolute Gasteiger partial charge is 0.241 e. The van der Waals surface area contributed by atoms with Gasteiger partial charge in [-0.15, -0.1) is 0 Å². The minimum Gasteiger partial charge on any atom is -0.354 e. The molecule has 1 N–H and O–H groups in total. The molecule has 0 aliphatic rings. The van der Waals surface area contributed by atoms with Gasteiger partial charge in [0.15, 0.2) is 9.84 Å². The molecule has 5 nitrogen and oxygen atoms in total. The van der Waals surface area contributed by atoms with Gasteiger partial charge in [0, 0.05) is 6.54 Å². The summed E-state index contributed by atoms with van der Waals surface area (Å²) < 4.78 is 24.6. The van der Waals surface area contributed by atoms with Gasteiger partial charge >= 0.3 is 0 Å². The summed E-state index contributed by atoms with van der Waals surface area (Å²) in [6.07, 6.45) is 0.403.